The van der Waals surface area contributed by atoms with Gasteiger partial charge in [0.2, 0.25) is 0 Å². The quantitative estimate of drug-likeness (QED) is 0.196. The molecule has 4 aromatic heterocycles. The van der Waals surface area contributed by atoms with Crippen molar-refractivity contribution < 1.29 is 0 Å². The minimum Gasteiger partial charge on any atom is -0.379 e. The number of dihydropyridines is 1. The van der Waals surface area contributed by atoms with E-state index in [2.05, 4.69) is 171 Å². The van der Waals surface area contributed by atoms with Crippen molar-refractivity contribution in [1.82, 2.24) is 24.4 Å². The average Bonchev–Trinajstić information content (AvgIpc) is 3.71. The summed E-state index contributed by atoms with van der Waals surface area (Å²) in [5.74, 6) is 0. The van der Waals surface area contributed by atoms with E-state index in [-0.39, 0.29) is 6.04 Å². The molecule has 0 fully saturated rings. The van der Waals surface area contributed by atoms with E-state index in [0.717, 1.165) is 62.2 Å². The van der Waals surface area contributed by atoms with Crippen LogP contribution in [0, 0.1) is 0 Å². The highest BCUT2D eigenvalue weighted by molar-refractivity contribution is 6.07. The lowest BCUT2D eigenvalue weighted by Crippen LogP contribution is -2.17. The molecule has 8 aromatic rings. The van der Waals surface area contributed by atoms with E-state index in [1.807, 2.05) is 18.5 Å². The molecule has 0 radical (unpaired) electrons. The highest BCUT2D eigenvalue weighted by Gasteiger charge is 2.19. The zero-order chi connectivity index (χ0) is 33.0. The van der Waals surface area contributed by atoms with Crippen LogP contribution >= 0.6 is 0 Å². The Labute approximate surface area is 289 Å². The second kappa shape index (κ2) is 11.5. The summed E-state index contributed by atoms with van der Waals surface area (Å²) in [4.78, 5) is 9.53. The van der Waals surface area contributed by atoms with Crippen LogP contribution < -0.4 is 10.6 Å². The maximum atomic E-state index is 4.86. The van der Waals surface area contributed by atoms with Crippen LogP contribution in [-0.4, -0.2) is 25.6 Å². The van der Waals surface area contributed by atoms with Gasteiger partial charge < -0.3 is 19.8 Å². The summed E-state index contributed by atoms with van der Waals surface area (Å²) in [6.07, 6.45) is 14.7. The van der Waals surface area contributed by atoms with Gasteiger partial charge >= 0.3 is 0 Å². The predicted octanol–water partition coefficient (Wildman–Crippen LogP) is 9.86. The molecule has 6 heterocycles. The Bertz CT molecular complexity index is 2600. The molecule has 0 saturated heterocycles. The number of benzene rings is 4. The molecule has 0 amide bonds. The Hall–Kier alpha value is -6.66. The first-order valence-electron chi connectivity index (χ1n) is 17.0. The van der Waals surface area contributed by atoms with Crippen LogP contribution in [0.15, 0.2) is 158 Å². The van der Waals surface area contributed by atoms with Crippen molar-refractivity contribution >= 4 is 50.2 Å². The number of nitrogens with zero attached hydrogens (tertiary/aromatic N) is 4. The third-order valence-electron chi connectivity index (χ3n) is 9.92. The fourth-order valence-corrected chi connectivity index (χ4v) is 7.49. The Morgan fingerprint density at radius 1 is 0.600 bits per heavy atom. The van der Waals surface area contributed by atoms with E-state index in [1.54, 1.807) is 0 Å². The molecule has 2 N–H and O–H groups in total. The minimum atomic E-state index is 0.00964. The topological polar surface area (TPSA) is 59.7 Å². The predicted molar refractivity (Wildman–Crippen MR) is 206 cm³/mol. The summed E-state index contributed by atoms with van der Waals surface area (Å²) < 4.78 is 4.62. The zero-order valence-corrected chi connectivity index (χ0v) is 27.2. The van der Waals surface area contributed by atoms with E-state index in [0.29, 0.717) is 0 Å². The van der Waals surface area contributed by atoms with Crippen molar-refractivity contribution in [1.29, 1.82) is 0 Å². The molecule has 6 nitrogen and oxygen atoms in total. The Kier molecular flexibility index (Phi) is 6.52. The molecule has 50 heavy (non-hydrogen) atoms. The summed E-state index contributed by atoms with van der Waals surface area (Å²) >= 11 is 0. The minimum absolute atomic E-state index is 0.00964. The number of pyridine rings is 2. The third kappa shape index (κ3) is 4.57. The molecule has 6 heteroatoms. The molecule has 2 aliphatic rings. The van der Waals surface area contributed by atoms with Crippen LogP contribution in [-0.2, 0) is 0 Å². The molecule has 10 rings (SSSR count). The van der Waals surface area contributed by atoms with Crippen molar-refractivity contribution in [3.63, 3.8) is 0 Å². The molecule has 1 atom stereocenters. The van der Waals surface area contributed by atoms with E-state index in [9.17, 15) is 0 Å². The molecule has 238 valence electrons. The number of aromatic nitrogens is 4. The molecule has 0 aliphatic carbocycles. The SMILES string of the molecule is C1=Cc2c(c3ccccc3n2-c2ccc(C3=CNC(c4ccc(-c5ccc(-n6c7ccccc7c7ncccc76)cc5)cn4)C=C3)cc2)NC1. The summed E-state index contributed by atoms with van der Waals surface area (Å²) in [6.45, 7) is 0.853. The molecule has 2 aliphatic heterocycles. The van der Waals surface area contributed by atoms with Crippen LogP contribution in [0.25, 0.3) is 67.0 Å². The maximum Gasteiger partial charge on any atom is 0.0963 e. The van der Waals surface area contributed by atoms with Gasteiger partial charge in [-0.1, -0.05) is 85.0 Å². The highest BCUT2D eigenvalue weighted by Crippen LogP contribution is 2.37. The average molecular weight is 645 g/mol. The van der Waals surface area contributed by atoms with Gasteiger partial charge in [0.1, 0.15) is 0 Å². The van der Waals surface area contributed by atoms with E-state index < -0.39 is 0 Å². The number of para-hydroxylation sites is 2. The first-order valence-corrected chi connectivity index (χ1v) is 17.0. The van der Waals surface area contributed by atoms with Gasteiger partial charge in [0, 0.05) is 52.8 Å². The van der Waals surface area contributed by atoms with Gasteiger partial charge in [0.15, 0.2) is 0 Å². The molecule has 4 aromatic carbocycles. The highest BCUT2D eigenvalue weighted by atomic mass is 15.0. The van der Waals surface area contributed by atoms with Crippen molar-refractivity contribution in [2.45, 2.75) is 6.04 Å². The van der Waals surface area contributed by atoms with Crippen molar-refractivity contribution in [2.24, 2.45) is 0 Å². The second-order valence-corrected chi connectivity index (χ2v) is 12.8. The molecular weight excluding hydrogens is 613 g/mol. The fourth-order valence-electron chi connectivity index (χ4n) is 7.49. The van der Waals surface area contributed by atoms with E-state index in [4.69, 9.17) is 4.98 Å². The van der Waals surface area contributed by atoms with Crippen molar-refractivity contribution in [2.75, 3.05) is 11.9 Å². The van der Waals surface area contributed by atoms with Gasteiger partial charge in [-0.2, -0.15) is 0 Å². The Balaban J connectivity index is 0.857. The van der Waals surface area contributed by atoms with Gasteiger partial charge in [-0.15, -0.1) is 0 Å². The van der Waals surface area contributed by atoms with Gasteiger partial charge in [-0.3, -0.25) is 9.97 Å². The summed E-state index contributed by atoms with van der Waals surface area (Å²) in [5.41, 5.74) is 14.6. The summed E-state index contributed by atoms with van der Waals surface area (Å²) in [6, 6.07) is 43.0. The van der Waals surface area contributed by atoms with Crippen LogP contribution in [0.3, 0.4) is 0 Å². The van der Waals surface area contributed by atoms with Crippen LogP contribution in [0.5, 0.6) is 0 Å². The lowest BCUT2D eigenvalue weighted by Gasteiger charge is -2.19. The number of hydrogen-bond acceptors (Lipinski definition) is 4. The van der Waals surface area contributed by atoms with Crippen molar-refractivity contribution in [3.8, 4) is 22.5 Å². The number of nitrogens with one attached hydrogen (secondary N) is 2. The molecular formula is C44H32N6. The Morgan fingerprint density at radius 3 is 2.06 bits per heavy atom. The number of allylic oxidation sites excluding steroid dienone is 2. The maximum absolute atomic E-state index is 4.86. The number of hydrogen-bond donors (Lipinski definition) is 2. The normalized spacial score (nSPS) is 15.2. The number of rotatable bonds is 5. The largest absolute Gasteiger partial charge is 0.379 e. The first kappa shape index (κ1) is 28.4. The first-order chi connectivity index (χ1) is 24.8. The summed E-state index contributed by atoms with van der Waals surface area (Å²) in [5, 5.41) is 9.53. The van der Waals surface area contributed by atoms with Crippen LogP contribution in [0.4, 0.5) is 5.69 Å². The fraction of sp³-hybridized carbons (Fsp3) is 0.0455. The lowest BCUT2D eigenvalue weighted by atomic mass is 10.0. The van der Waals surface area contributed by atoms with Gasteiger partial charge in [-0.05, 0) is 77.4 Å². The monoisotopic (exact) mass is 644 g/mol. The van der Waals surface area contributed by atoms with E-state index >= 15 is 0 Å². The number of fused-ring (bicyclic) bond motifs is 6. The number of anilines is 1. The lowest BCUT2D eigenvalue weighted by molar-refractivity contribution is 0.724. The van der Waals surface area contributed by atoms with Crippen molar-refractivity contribution in [3.05, 3.63) is 175 Å². The smallest absolute Gasteiger partial charge is 0.0963 e. The third-order valence-corrected chi connectivity index (χ3v) is 9.92. The molecule has 1 unspecified atom stereocenters. The van der Waals surface area contributed by atoms with Gasteiger partial charge in [0.05, 0.1) is 45.2 Å². The zero-order valence-electron chi connectivity index (χ0n) is 27.2. The van der Waals surface area contributed by atoms with Crippen LogP contribution in [0.2, 0.25) is 0 Å². The van der Waals surface area contributed by atoms with Gasteiger partial charge in [-0.25, -0.2) is 0 Å². The van der Waals surface area contributed by atoms with Crippen LogP contribution in [0.1, 0.15) is 23.0 Å². The molecule has 0 saturated carbocycles. The molecule has 0 bridgehead atoms. The standard InChI is InChI=1S/C44H32N6/c1-3-9-39-35(7-1)43-41(11-5-25-45-43)49(39)33-19-13-29(14-20-33)31-17-23-37(47-27-31)38-24-18-32(28-48-38)30-15-21-34(22-16-30)50-40-10-4-2-8-36(40)44-42(50)12-6-26-46-44/h1-25,27-28,38,46,48H,26H2. The second-order valence-electron chi connectivity index (χ2n) is 12.8. The Morgan fingerprint density at radius 2 is 1.30 bits per heavy atom. The molecule has 0 spiro atoms. The van der Waals surface area contributed by atoms with Gasteiger partial charge in [0.25, 0.3) is 0 Å². The summed E-state index contributed by atoms with van der Waals surface area (Å²) in [7, 11) is 0. The van der Waals surface area contributed by atoms with E-state index in [1.165, 1.54) is 27.8 Å².